The topological polar surface area (TPSA) is 88.8 Å². The molecule has 1 atom stereocenters. The third kappa shape index (κ3) is 3.58. The molecule has 3 aromatic rings. The average Bonchev–Trinajstić information content (AvgIpc) is 2.94. The van der Waals surface area contributed by atoms with Crippen LogP contribution in [0.3, 0.4) is 0 Å². The van der Waals surface area contributed by atoms with Gasteiger partial charge in [0.2, 0.25) is 0 Å². The number of carboxylic acid groups (broad SMARTS) is 1. The SMILES string of the molecule is CCOC(=O)c1c(C)n(C(C)C)c2cccc(C(C(=O)O)c3cccc(O)c3)c12. The molecular weight excluding hydrogens is 370 g/mol. The molecule has 0 fully saturated rings. The maximum absolute atomic E-state index is 12.8. The van der Waals surface area contributed by atoms with E-state index in [2.05, 4.69) is 0 Å². The van der Waals surface area contributed by atoms with Crippen molar-refractivity contribution < 1.29 is 24.5 Å². The Balaban J connectivity index is 2.40. The van der Waals surface area contributed by atoms with Crippen molar-refractivity contribution in [3.63, 3.8) is 0 Å². The summed E-state index contributed by atoms with van der Waals surface area (Å²) in [6, 6.07) is 11.7. The van der Waals surface area contributed by atoms with E-state index in [4.69, 9.17) is 4.74 Å². The van der Waals surface area contributed by atoms with Crippen molar-refractivity contribution in [2.75, 3.05) is 6.61 Å². The Labute approximate surface area is 169 Å². The summed E-state index contributed by atoms with van der Waals surface area (Å²) in [7, 11) is 0. The predicted octanol–water partition coefficient (Wildman–Crippen LogP) is 4.63. The Kier molecular flexibility index (Phi) is 5.64. The van der Waals surface area contributed by atoms with Gasteiger partial charge in [0, 0.05) is 22.6 Å². The molecule has 2 N–H and O–H groups in total. The predicted molar refractivity (Wildman–Crippen MR) is 111 cm³/mol. The van der Waals surface area contributed by atoms with E-state index < -0.39 is 17.9 Å². The van der Waals surface area contributed by atoms with Gasteiger partial charge >= 0.3 is 11.9 Å². The van der Waals surface area contributed by atoms with Gasteiger partial charge in [0.05, 0.1) is 12.2 Å². The van der Waals surface area contributed by atoms with Crippen LogP contribution >= 0.6 is 0 Å². The third-order valence-corrected chi connectivity index (χ3v) is 5.06. The largest absolute Gasteiger partial charge is 0.508 e. The van der Waals surface area contributed by atoms with Gasteiger partial charge in [-0.3, -0.25) is 4.79 Å². The number of aliphatic carboxylic acids is 1. The molecule has 0 aliphatic rings. The highest BCUT2D eigenvalue weighted by atomic mass is 16.5. The molecule has 1 aromatic heterocycles. The summed E-state index contributed by atoms with van der Waals surface area (Å²) in [5, 5.41) is 20.5. The fraction of sp³-hybridized carbons (Fsp3) is 0.304. The first-order valence-corrected chi connectivity index (χ1v) is 9.60. The number of aromatic hydroxyl groups is 1. The number of ether oxygens (including phenoxy) is 1. The van der Waals surface area contributed by atoms with Gasteiger partial charge in [-0.05, 0) is 57.0 Å². The molecular formula is C23H25NO5. The second-order valence-electron chi connectivity index (χ2n) is 7.25. The van der Waals surface area contributed by atoms with Gasteiger partial charge in [-0.2, -0.15) is 0 Å². The molecule has 0 bridgehead atoms. The zero-order valence-corrected chi connectivity index (χ0v) is 17.0. The number of nitrogens with zero attached hydrogens (tertiary/aromatic N) is 1. The monoisotopic (exact) mass is 395 g/mol. The fourth-order valence-electron chi connectivity index (χ4n) is 4.03. The van der Waals surface area contributed by atoms with E-state index in [1.165, 1.54) is 12.1 Å². The summed E-state index contributed by atoms with van der Waals surface area (Å²) in [4.78, 5) is 25.1. The summed E-state index contributed by atoms with van der Waals surface area (Å²) in [6.45, 7) is 7.84. The Bertz CT molecular complexity index is 1080. The number of carboxylic acids is 1. The molecule has 0 spiro atoms. The van der Waals surface area contributed by atoms with Gasteiger partial charge in [-0.1, -0.05) is 24.3 Å². The van der Waals surface area contributed by atoms with Gasteiger partial charge in [-0.15, -0.1) is 0 Å². The number of hydrogen-bond acceptors (Lipinski definition) is 4. The third-order valence-electron chi connectivity index (χ3n) is 5.06. The maximum atomic E-state index is 12.8. The van der Waals surface area contributed by atoms with Crippen LogP contribution in [-0.4, -0.2) is 33.3 Å². The Morgan fingerprint density at radius 2 is 1.83 bits per heavy atom. The molecule has 152 valence electrons. The Morgan fingerprint density at radius 3 is 2.41 bits per heavy atom. The lowest BCUT2D eigenvalue weighted by atomic mass is 9.88. The number of rotatable bonds is 6. The molecule has 0 aliphatic carbocycles. The quantitative estimate of drug-likeness (QED) is 0.594. The summed E-state index contributed by atoms with van der Waals surface area (Å²) < 4.78 is 7.31. The van der Waals surface area contributed by atoms with E-state index in [0.29, 0.717) is 22.1 Å². The van der Waals surface area contributed by atoms with Crippen molar-refractivity contribution >= 4 is 22.8 Å². The van der Waals surface area contributed by atoms with E-state index in [1.807, 2.05) is 31.4 Å². The zero-order chi connectivity index (χ0) is 21.3. The second kappa shape index (κ2) is 7.99. The van der Waals surface area contributed by atoms with Gasteiger partial charge in [-0.25, -0.2) is 4.79 Å². The number of aromatic nitrogens is 1. The molecule has 3 rings (SSSR count). The summed E-state index contributed by atoms with van der Waals surface area (Å²) in [6.07, 6.45) is 0. The van der Waals surface area contributed by atoms with Gasteiger partial charge < -0.3 is 19.5 Å². The Hall–Kier alpha value is -3.28. The smallest absolute Gasteiger partial charge is 0.340 e. The molecule has 2 aromatic carbocycles. The highest BCUT2D eigenvalue weighted by Crippen LogP contribution is 2.38. The summed E-state index contributed by atoms with van der Waals surface area (Å²) in [5.74, 6) is -2.58. The van der Waals surface area contributed by atoms with Crippen molar-refractivity contribution in [2.24, 2.45) is 0 Å². The van der Waals surface area contributed by atoms with Gasteiger partial charge in [0.1, 0.15) is 11.7 Å². The number of carbonyl (C=O) groups excluding carboxylic acids is 1. The lowest BCUT2D eigenvalue weighted by molar-refractivity contribution is -0.137. The van der Waals surface area contributed by atoms with Crippen LogP contribution in [0.1, 0.15) is 59.9 Å². The molecule has 0 saturated heterocycles. The summed E-state index contributed by atoms with van der Waals surface area (Å²) in [5.41, 5.74) is 2.84. The molecule has 6 heteroatoms. The molecule has 29 heavy (non-hydrogen) atoms. The summed E-state index contributed by atoms with van der Waals surface area (Å²) >= 11 is 0. The van der Waals surface area contributed by atoms with Crippen molar-refractivity contribution in [1.29, 1.82) is 0 Å². The minimum atomic E-state index is -1.06. The number of phenols is 1. The van der Waals surface area contributed by atoms with E-state index in [1.54, 1.807) is 31.2 Å². The normalized spacial score (nSPS) is 12.3. The number of carbonyl (C=O) groups is 2. The minimum Gasteiger partial charge on any atom is -0.508 e. The van der Waals surface area contributed by atoms with E-state index >= 15 is 0 Å². The average molecular weight is 395 g/mol. The van der Waals surface area contributed by atoms with Crippen LogP contribution in [0.5, 0.6) is 5.75 Å². The maximum Gasteiger partial charge on any atom is 0.340 e. The first kappa shape index (κ1) is 20.5. The Morgan fingerprint density at radius 1 is 1.14 bits per heavy atom. The highest BCUT2D eigenvalue weighted by Gasteiger charge is 2.30. The second-order valence-corrected chi connectivity index (χ2v) is 7.25. The van der Waals surface area contributed by atoms with Gasteiger partial charge in [0.15, 0.2) is 0 Å². The molecule has 0 aliphatic heterocycles. The van der Waals surface area contributed by atoms with Crippen molar-refractivity contribution in [1.82, 2.24) is 4.57 Å². The van der Waals surface area contributed by atoms with E-state index in [-0.39, 0.29) is 18.4 Å². The lowest BCUT2D eigenvalue weighted by Crippen LogP contribution is -2.14. The molecule has 0 saturated carbocycles. The van der Waals surface area contributed by atoms with Crippen molar-refractivity contribution in [2.45, 2.75) is 39.7 Å². The van der Waals surface area contributed by atoms with Crippen molar-refractivity contribution in [3.8, 4) is 5.75 Å². The number of phenolic OH excluding ortho intramolecular Hbond substituents is 1. The number of benzene rings is 2. The van der Waals surface area contributed by atoms with Crippen LogP contribution in [0.2, 0.25) is 0 Å². The zero-order valence-electron chi connectivity index (χ0n) is 17.0. The van der Waals surface area contributed by atoms with Crippen LogP contribution in [0, 0.1) is 6.92 Å². The molecule has 0 amide bonds. The number of esters is 1. The first-order valence-electron chi connectivity index (χ1n) is 9.60. The molecule has 0 radical (unpaired) electrons. The van der Waals surface area contributed by atoms with Crippen molar-refractivity contribution in [3.05, 3.63) is 64.8 Å². The van der Waals surface area contributed by atoms with E-state index in [9.17, 15) is 19.8 Å². The van der Waals surface area contributed by atoms with Gasteiger partial charge in [0.25, 0.3) is 0 Å². The standard InChI is InChI=1S/C23H25NO5/c1-5-29-23(28)19-14(4)24(13(2)3)18-11-7-10-17(21(18)19)20(22(26)27)15-8-6-9-16(25)12-15/h6-13,20,25H,5H2,1-4H3,(H,26,27). The lowest BCUT2D eigenvalue weighted by Gasteiger charge is -2.16. The first-order chi connectivity index (χ1) is 13.8. The van der Waals surface area contributed by atoms with Crippen LogP contribution in [0.15, 0.2) is 42.5 Å². The van der Waals surface area contributed by atoms with Crippen LogP contribution < -0.4 is 0 Å². The molecule has 6 nitrogen and oxygen atoms in total. The fourth-order valence-corrected chi connectivity index (χ4v) is 4.03. The molecule has 1 heterocycles. The minimum absolute atomic E-state index is 0.0116. The van der Waals surface area contributed by atoms with E-state index in [0.717, 1.165) is 11.2 Å². The molecule has 1 unspecified atom stereocenters. The van der Waals surface area contributed by atoms with Crippen LogP contribution in [0.4, 0.5) is 0 Å². The van der Waals surface area contributed by atoms with Crippen LogP contribution in [0.25, 0.3) is 10.9 Å². The number of hydrogen-bond donors (Lipinski definition) is 2. The highest BCUT2D eigenvalue weighted by molar-refractivity contribution is 6.08. The van der Waals surface area contributed by atoms with Crippen LogP contribution in [-0.2, 0) is 9.53 Å². The number of fused-ring (bicyclic) bond motifs is 1.